The quantitative estimate of drug-likeness (QED) is 0.0590. The molecule has 2 N–H and O–H groups in total. The number of nitrogens with zero attached hydrogens (tertiary/aromatic N) is 5. The smallest absolute Gasteiger partial charge is 0.363 e. The molecule has 2 heterocycles. The Morgan fingerprint density at radius 1 is 0.982 bits per heavy atom. The summed E-state index contributed by atoms with van der Waals surface area (Å²) in [5, 5.41) is 14.5. The normalized spacial score (nSPS) is 16.0. The Hall–Kier alpha value is -4.67. The molecule has 0 spiro atoms. The number of halogens is 4. The molecule has 0 radical (unpaired) electrons. The molecular weight excluding hydrogens is 759 g/mol. The van der Waals surface area contributed by atoms with Crippen molar-refractivity contribution in [1.82, 2.24) is 19.4 Å². The molecule has 1 aliphatic rings. The van der Waals surface area contributed by atoms with Crippen molar-refractivity contribution >= 4 is 19.0 Å². The van der Waals surface area contributed by atoms with E-state index in [9.17, 15) is 42.3 Å². The zero-order chi connectivity index (χ0) is 40.8. The van der Waals surface area contributed by atoms with Crippen LogP contribution in [0.25, 0.3) is 0 Å². The molecule has 1 aromatic heterocycles. The molecule has 302 valence electrons. The second-order valence-corrected chi connectivity index (χ2v) is 15.7. The van der Waals surface area contributed by atoms with Gasteiger partial charge >= 0.3 is 19.5 Å². The Kier molecular flexibility index (Phi) is 13.7. The Balaban J connectivity index is 1.53. The van der Waals surface area contributed by atoms with E-state index >= 15 is 4.39 Å². The van der Waals surface area contributed by atoms with Crippen LogP contribution >= 0.6 is 7.60 Å². The number of piperazine rings is 1. The molecule has 0 amide bonds. The van der Waals surface area contributed by atoms with E-state index in [1.165, 1.54) is 19.1 Å². The molecule has 18 heteroatoms. The summed E-state index contributed by atoms with van der Waals surface area (Å²) in [6.07, 6.45) is -5.17. The van der Waals surface area contributed by atoms with Crippen molar-refractivity contribution in [3.63, 3.8) is 0 Å². The molecule has 3 atom stereocenters. The van der Waals surface area contributed by atoms with E-state index in [1.54, 1.807) is 54.3 Å². The highest BCUT2D eigenvalue weighted by molar-refractivity contribution is 7.52. The largest absolute Gasteiger partial charge is 0.416 e. The third-order valence-electron chi connectivity index (χ3n) is 9.89. The Bertz CT molecular complexity index is 2170. The third kappa shape index (κ3) is 10.4. The van der Waals surface area contributed by atoms with Crippen molar-refractivity contribution in [2.75, 3.05) is 43.8 Å². The van der Waals surface area contributed by atoms with Gasteiger partial charge in [0, 0.05) is 62.7 Å². The molecule has 0 bridgehead atoms. The number of aromatic nitrogens is 2. The summed E-state index contributed by atoms with van der Waals surface area (Å²) in [6, 6.07) is 16.7. The highest BCUT2D eigenvalue weighted by Crippen LogP contribution is 2.43. The van der Waals surface area contributed by atoms with E-state index in [4.69, 9.17) is 4.52 Å². The predicted molar refractivity (Wildman–Crippen MR) is 204 cm³/mol. The molecular formula is C38H45F4N6O7P. The van der Waals surface area contributed by atoms with Crippen LogP contribution in [0.5, 0.6) is 0 Å². The summed E-state index contributed by atoms with van der Waals surface area (Å²) in [6.45, 7) is 5.44. The first kappa shape index (κ1) is 42.5. The van der Waals surface area contributed by atoms with Gasteiger partial charge in [0.1, 0.15) is 11.5 Å². The lowest BCUT2D eigenvalue weighted by molar-refractivity contribution is -0.384. The maximum absolute atomic E-state index is 15.2. The molecule has 13 nitrogen and oxygen atoms in total. The maximum Gasteiger partial charge on any atom is 0.416 e. The fraction of sp³-hybridized carbons (Fsp3) is 0.421. The SMILES string of the molecule is CCC(C)OP(=O)(O)CCN[C@@H](Cn1c(=O)c(N2CCN(Cc3cccc([N+](=O)[O-])c3)CC2)c(C)n(Cc2c(F)cccc2C(F)(F)F)c1=O)c1ccccc1. The van der Waals surface area contributed by atoms with Gasteiger partial charge in [0.05, 0.1) is 41.9 Å². The van der Waals surface area contributed by atoms with E-state index in [0.29, 0.717) is 37.2 Å². The lowest BCUT2D eigenvalue weighted by Gasteiger charge is -2.37. The fourth-order valence-corrected chi connectivity index (χ4v) is 7.97. The number of rotatable bonds is 16. The van der Waals surface area contributed by atoms with Crippen LogP contribution in [0.15, 0.2) is 82.4 Å². The summed E-state index contributed by atoms with van der Waals surface area (Å²) in [7, 11) is -4.02. The van der Waals surface area contributed by atoms with Gasteiger partial charge in [-0.15, -0.1) is 0 Å². The zero-order valence-corrected chi connectivity index (χ0v) is 32.1. The summed E-state index contributed by atoms with van der Waals surface area (Å²) in [5.74, 6) is -1.17. The van der Waals surface area contributed by atoms with Gasteiger partial charge in [-0.25, -0.2) is 9.18 Å². The number of nitrogens with one attached hydrogen (secondary N) is 1. The number of nitro groups is 1. The third-order valence-corrected chi connectivity index (χ3v) is 11.4. The number of nitro benzene ring substituents is 1. The van der Waals surface area contributed by atoms with Gasteiger partial charge in [-0.1, -0.05) is 55.5 Å². The van der Waals surface area contributed by atoms with Crippen molar-refractivity contribution in [2.45, 2.75) is 65.1 Å². The molecule has 3 aromatic carbocycles. The predicted octanol–water partition coefficient (Wildman–Crippen LogP) is 6.09. The van der Waals surface area contributed by atoms with Gasteiger partial charge in [-0.3, -0.25) is 33.5 Å². The number of hydrogen-bond donors (Lipinski definition) is 2. The number of non-ortho nitro benzene ring substituents is 1. The van der Waals surface area contributed by atoms with Crippen molar-refractivity contribution in [1.29, 1.82) is 0 Å². The minimum absolute atomic E-state index is 0.0452. The van der Waals surface area contributed by atoms with Gasteiger partial charge in [0.2, 0.25) is 0 Å². The van der Waals surface area contributed by atoms with E-state index in [0.717, 1.165) is 27.3 Å². The molecule has 0 saturated carbocycles. The van der Waals surface area contributed by atoms with E-state index in [-0.39, 0.29) is 49.4 Å². The Morgan fingerprint density at radius 2 is 1.66 bits per heavy atom. The lowest BCUT2D eigenvalue weighted by Crippen LogP contribution is -2.51. The minimum atomic E-state index is -4.94. The van der Waals surface area contributed by atoms with Gasteiger partial charge < -0.3 is 19.6 Å². The van der Waals surface area contributed by atoms with Gasteiger partial charge in [-0.05, 0) is 43.5 Å². The molecule has 4 aromatic rings. The van der Waals surface area contributed by atoms with Crippen LogP contribution in [-0.2, 0) is 34.9 Å². The van der Waals surface area contributed by atoms with Crippen LogP contribution in [0.3, 0.4) is 0 Å². The number of alkyl halides is 3. The molecule has 1 saturated heterocycles. The minimum Gasteiger partial charge on any atom is -0.363 e. The molecule has 5 rings (SSSR count). The summed E-state index contributed by atoms with van der Waals surface area (Å²) >= 11 is 0. The Labute approximate surface area is 320 Å². The lowest BCUT2D eigenvalue weighted by atomic mass is 10.1. The first-order chi connectivity index (χ1) is 26.5. The van der Waals surface area contributed by atoms with Crippen LogP contribution in [0, 0.1) is 22.9 Å². The van der Waals surface area contributed by atoms with E-state index < -0.39 is 65.6 Å². The summed E-state index contributed by atoms with van der Waals surface area (Å²) in [4.78, 5) is 53.8. The van der Waals surface area contributed by atoms with Crippen LogP contribution < -0.4 is 21.5 Å². The summed E-state index contributed by atoms with van der Waals surface area (Å²) < 4.78 is 77.6. The van der Waals surface area contributed by atoms with E-state index in [2.05, 4.69) is 5.32 Å². The number of benzene rings is 3. The average molecular weight is 805 g/mol. The van der Waals surface area contributed by atoms with Crippen molar-refractivity contribution in [3.05, 3.63) is 138 Å². The van der Waals surface area contributed by atoms with Crippen molar-refractivity contribution in [3.8, 4) is 0 Å². The van der Waals surface area contributed by atoms with Crippen molar-refractivity contribution in [2.24, 2.45) is 0 Å². The van der Waals surface area contributed by atoms with Crippen LogP contribution in [0.2, 0.25) is 0 Å². The van der Waals surface area contributed by atoms with E-state index in [1.807, 2.05) is 11.8 Å². The first-order valence-electron chi connectivity index (χ1n) is 18.2. The van der Waals surface area contributed by atoms with Crippen LogP contribution in [0.1, 0.15) is 54.3 Å². The monoisotopic (exact) mass is 804 g/mol. The molecule has 56 heavy (non-hydrogen) atoms. The topological polar surface area (TPSA) is 152 Å². The zero-order valence-electron chi connectivity index (χ0n) is 31.2. The molecule has 1 aliphatic heterocycles. The van der Waals surface area contributed by atoms with Gasteiger partial charge in [-0.2, -0.15) is 13.2 Å². The average Bonchev–Trinajstić information content (AvgIpc) is 3.15. The number of anilines is 1. The fourth-order valence-electron chi connectivity index (χ4n) is 6.74. The molecule has 1 fully saturated rings. The highest BCUT2D eigenvalue weighted by atomic mass is 31.2. The van der Waals surface area contributed by atoms with Crippen molar-refractivity contribution < 1.29 is 36.5 Å². The molecule has 0 aliphatic carbocycles. The van der Waals surface area contributed by atoms with Gasteiger partial charge in [0.15, 0.2) is 0 Å². The second-order valence-electron chi connectivity index (χ2n) is 13.8. The maximum atomic E-state index is 15.2. The highest BCUT2D eigenvalue weighted by Gasteiger charge is 2.35. The van der Waals surface area contributed by atoms with Crippen LogP contribution in [0.4, 0.5) is 28.9 Å². The Morgan fingerprint density at radius 3 is 2.30 bits per heavy atom. The standard InChI is InChI=1S/C38H45F4N6O7P/c1-4-26(2)55-56(53,54)21-16-43-34(29-11-6-5-7-12-29)25-47-36(49)35(45-19-17-44(18-20-45)23-28-10-8-13-30(22-28)48(51)52)27(3)46(37(47)50)24-31-32(38(40,41)42)14-9-15-33(31)39/h5-15,22,26,34,43H,4,16-21,23-25H2,1-3H3,(H,53,54)/t26?,34-/m0/s1. The molecule has 2 unspecified atom stereocenters. The van der Waals surface area contributed by atoms with Crippen LogP contribution in [-0.4, -0.2) is 68.8 Å². The number of hydrogen-bond acceptors (Lipinski definition) is 9. The second kappa shape index (κ2) is 18.1. The van der Waals surface area contributed by atoms with Gasteiger partial charge in [0.25, 0.3) is 11.2 Å². The first-order valence-corrected chi connectivity index (χ1v) is 19.9. The summed E-state index contributed by atoms with van der Waals surface area (Å²) in [5.41, 5.74) is -2.30.